The van der Waals surface area contributed by atoms with Crippen molar-refractivity contribution in [3.05, 3.63) is 35.4 Å². The van der Waals surface area contributed by atoms with E-state index in [1.165, 1.54) is 19.2 Å². The van der Waals surface area contributed by atoms with Gasteiger partial charge in [-0.3, -0.25) is 9.69 Å². The van der Waals surface area contributed by atoms with Crippen LogP contribution in [-0.4, -0.2) is 60.2 Å². The van der Waals surface area contributed by atoms with Crippen LogP contribution >= 0.6 is 0 Å². The number of amides is 1. The lowest BCUT2D eigenvalue weighted by Gasteiger charge is -2.38. The predicted molar refractivity (Wildman–Crippen MR) is 110 cm³/mol. The van der Waals surface area contributed by atoms with E-state index in [9.17, 15) is 22.8 Å². The number of carbonyl (C=O) groups is 2. The van der Waals surface area contributed by atoms with Gasteiger partial charge in [0.15, 0.2) is 0 Å². The number of esters is 1. The fraction of sp³-hybridized carbons (Fsp3) is 0.652. The molecule has 0 radical (unpaired) electrons. The van der Waals surface area contributed by atoms with E-state index < -0.39 is 17.3 Å². The first-order valence-electron chi connectivity index (χ1n) is 11.1. The molecule has 9 heteroatoms. The van der Waals surface area contributed by atoms with Crippen molar-refractivity contribution in [1.82, 2.24) is 9.80 Å². The molecule has 3 aliphatic rings. The van der Waals surface area contributed by atoms with Crippen molar-refractivity contribution in [2.45, 2.75) is 62.9 Å². The Kier molecular flexibility index (Phi) is 6.38. The van der Waals surface area contributed by atoms with Gasteiger partial charge in [-0.25, -0.2) is 4.79 Å². The number of piperidine rings is 1. The molecule has 0 N–H and O–H groups in total. The Hall–Kier alpha value is -2.29. The summed E-state index contributed by atoms with van der Waals surface area (Å²) in [6.07, 6.45) is -0.226. The Morgan fingerprint density at radius 3 is 2.31 bits per heavy atom. The average Bonchev–Trinajstić information content (AvgIpc) is 3.10. The third-order valence-electron chi connectivity index (χ3n) is 7.12. The molecule has 0 bridgehead atoms. The molecule has 2 aliphatic heterocycles. The Labute approximate surface area is 185 Å². The Morgan fingerprint density at radius 1 is 1.12 bits per heavy atom. The van der Waals surface area contributed by atoms with Crippen molar-refractivity contribution in [2.75, 3.05) is 26.7 Å². The lowest BCUT2D eigenvalue weighted by atomic mass is 9.84. The van der Waals surface area contributed by atoms with Gasteiger partial charge in [0.1, 0.15) is 5.60 Å². The number of rotatable bonds is 4. The normalized spacial score (nSPS) is 26.2. The lowest BCUT2D eigenvalue weighted by Crippen LogP contribution is -2.47. The van der Waals surface area contributed by atoms with Crippen molar-refractivity contribution in [1.29, 1.82) is 0 Å². The summed E-state index contributed by atoms with van der Waals surface area (Å²) in [5.74, 6) is -0.262. The van der Waals surface area contributed by atoms with Crippen LogP contribution in [-0.2, 0) is 27.0 Å². The zero-order valence-electron chi connectivity index (χ0n) is 18.2. The summed E-state index contributed by atoms with van der Waals surface area (Å²) < 4.78 is 48.9. The van der Waals surface area contributed by atoms with Crippen molar-refractivity contribution in [2.24, 2.45) is 5.92 Å². The van der Waals surface area contributed by atoms with Gasteiger partial charge < -0.3 is 14.4 Å². The summed E-state index contributed by atoms with van der Waals surface area (Å²) in [5, 5.41) is 0. The number of alkyl halides is 3. The fourth-order valence-electron chi connectivity index (χ4n) is 5.16. The molecule has 32 heavy (non-hydrogen) atoms. The number of benzene rings is 1. The summed E-state index contributed by atoms with van der Waals surface area (Å²) in [6.45, 7) is 2.57. The smallest absolute Gasteiger partial charge is 0.416 e. The second-order valence-corrected chi connectivity index (χ2v) is 9.18. The fourth-order valence-corrected chi connectivity index (χ4v) is 5.16. The number of likely N-dealkylation sites (tertiary alicyclic amines) is 1. The van der Waals surface area contributed by atoms with Crippen molar-refractivity contribution in [3.63, 3.8) is 0 Å². The van der Waals surface area contributed by atoms with Crippen LogP contribution in [0.15, 0.2) is 24.3 Å². The highest BCUT2D eigenvalue weighted by molar-refractivity contribution is 5.73. The maximum atomic E-state index is 12.7. The minimum absolute atomic E-state index is 0.0859. The molecule has 4 rings (SSSR count). The van der Waals surface area contributed by atoms with E-state index in [0.717, 1.165) is 56.5 Å². The lowest BCUT2D eigenvalue weighted by molar-refractivity contribution is -0.146. The van der Waals surface area contributed by atoms with Crippen molar-refractivity contribution < 1.29 is 32.2 Å². The largest absolute Gasteiger partial charge is 0.469 e. The third kappa shape index (κ3) is 4.87. The monoisotopic (exact) mass is 454 g/mol. The summed E-state index contributed by atoms with van der Waals surface area (Å²) in [4.78, 5) is 28.4. The summed E-state index contributed by atoms with van der Waals surface area (Å²) in [5.41, 5.74) is -0.300. The Balaban J connectivity index is 1.28. The van der Waals surface area contributed by atoms with E-state index in [1.807, 2.05) is 4.90 Å². The summed E-state index contributed by atoms with van der Waals surface area (Å²) in [6, 6.07) is 5.37. The van der Waals surface area contributed by atoms with Gasteiger partial charge in [-0.05, 0) is 43.4 Å². The van der Waals surface area contributed by atoms with Crippen LogP contribution < -0.4 is 0 Å². The molecule has 1 spiro atoms. The van der Waals surface area contributed by atoms with Crippen LogP contribution in [0.5, 0.6) is 0 Å². The number of hydrogen-bond donors (Lipinski definition) is 0. The zero-order chi connectivity index (χ0) is 22.9. The highest BCUT2D eigenvalue weighted by Gasteiger charge is 2.49. The third-order valence-corrected chi connectivity index (χ3v) is 7.12. The molecule has 1 saturated carbocycles. The molecule has 2 saturated heterocycles. The maximum absolute atomic E-state index is 12.7. The predicted octanol–water partition coefficient (Wildman–Crippen LogP) is 4.22. The summed E-state index contributed by atoms with van der Waals surface area (Å²) >= 11 is 0. The molecule has 2 heterocycles. The molecular formula is C23H29F3N2O4. The summed E-state index contributed by atoms with van der Waals surface area (Å²) in [7, 11) is 1.40. The highest BCUT2D eigenvalue weighted by Crippen LogP contribution is 2.38. The molecule has 6 nitrogen and oxygen atoms in total. The first kappa shape index (κ1) is 22.9. The molecule has 0 aromatic heterocycles. The number of halogens is 3. The van der Waals surface area contributed by atoms with Crippen molar-refractivity contribution in [3.8, 4) is 0 Å². The van der Waals surface area contributed by atoms with Crippen LogP contribution in [0.25, 0.3) is 0 Å². The second kappa shape index (κ2) is 8.92. The topological polar surface area (TPSA) is 59.1 Å². The molecule has 1 amide bonds. The standard InChI is InChI=1S/C23H29F3N2O4/c1-31-20(29)17-4-8-19(9-5-17)28-15-22(32-21(28)30)10-12-27(13-11-22)14-16-2-6-18(7-3-16)23(24,25)26/h2-3,6-7,17,19H,4-5,8-15H2,1H3. The van der Waals surface area contributed by atoms with E-state index >= 15 is 0 Å². The number of hydrogen-bond acceptors (Lipinski definition) is 5. The van der Waals surface area contributed by atoms with Gasteiger partial charge >= 0.3 is 18.2 Å². The number of carbonyl (C=O) groups excluding carboxylic acids is 2. The van der Waals surface area contributed by atoms with Crippen LogP contribution in [0, 0.1) is 5.92 Å². The molecule has 0 atom stereocenters. The zero-order valence-corrected chi connectivity index (χ0v) is 18.2. The van der Waals surface area contributed by atoms with E-state index in [-0.39, 0.29) is 24.0 Å². The van der Waals surface area contributed by atoms with Gasteiger partial charge in [-0.1, -0.05) is 12.1 Å². The Bertz CT molecular complexity index is 827. The van der Waals surface area contributed by atoms with Gasteiger partial charge in [-0.15, -0.1) is 0 Å². The average molecular weight is 454 g/mol. The van der Waals surface area contributed by atoms with Crippen LogP contribution in [0.1, 0.15) is 49.7 Å². The van der Waals surface area contributed by atoms with Gasteiger partial charge in [0, 0.05) is 38.5 Å². The van der Waals surface area contributed by atoms with E-state index in [4.69, 9.17) is 9.47 Å². The highest BCUT2D eigenvalue weighted by atomic mass is 19.4. The van der Waals surface area contributed by atoms with Crippen LogP contribution in [0.4, 0.5) is 18.0 Å². The Morgan fingerprint density at radius 2 is 1.75 bits per heavy atom. The van der Waals surface area contributed by atoms with Gasteiger partial charge in [0.25, 0.3) is 0 Å². The van der Waals surface area contributed by atoms with Crippen LogP contribution in [0.2, 0.25) is 0 Å². The molecule has 176 valence electrons. The van der Waals surface area contributed by atoms with E-state index in [1.54, 1.807) is 0 Å². The van der Waals surface area contributed by atoms with Gasteiger partial charge in [0.05, 0.1) is 25.1 Å². The number of nitrogens with zero attached hydrogens (tertiary/aromatic N) is 2. The maximum Gasteiger partial charge on any atom is 0.416 e. The number of ether oxygens (including phenoxy) is 2. The van der Waals surface area contributed by atoms with E-state index in [2.05, 4.69) is 4.90 Å². The molecule has 3 fully saturated rings. The number of methoxy groups -OCH3 is 1. The van der Waals surface area contributed by atoms with Gasteiger partial charge in [-0.2, -0.15) is 13.2 Å². The minimum atomic E-state index is -4.33. The first-order chi connectivity index (χ1) is 15.2. The molecular weight excluding hydrogens is 425 g/mol. The molecule has 1 aromatic rings. The second-order valence-electron chi connectivity index (χ2n) is 9.18. The van der Waals surface area contributed by atoms with Crippen LogP contribution in [0.3, 0.4) is 0 Å². The van der Waals surface area contributed by atoms with Crippen molar-refractivity contribution >= 4 is 12.1 Å². The SMILES string of the molecule is COC(=O)C1CCC(N2CC3(CCN(Cc4ccc(C(F)(F)F)cc4)CC3)OC2=O)CC1. The molecule has 0 unspecified atom stereocenters. The first-order valence-corrected chi connectivity index (χ1v) is 11.1. The van der Waals surface area contributed by atoms with E-state index in [0.29, 0.717) is 25.9 Å². The molecule has 1 aliphatic carbocycles. The quantitative estimate of drug-likeness (QED) is 0.638. The van der Waals surface area contributed by atoms with Gasteiger partial charge in [0.2, 0.25) is 0 Å². The molecule has 1 aromatic carbocycles. The minimum Gasteiger partial charge on any atom is -0.469 e.